The summed E-state index contributed by atoms with van der Waals surface area (Å²) in [6.45, 7) is 14.6. The van der Waals surface area contributed by atoms with Gasteiger partial charge in [-0.25, -0.2) is 8.42 Å². The molecule has 0 spiro atoms. The molecule has 0 radical (unpaired) electrons. The number of fused-ring (bicyclic) bond motifs is 3. The van der Waals surface area contributed by atoms with E-state index >= 15 is 0 Å². The summed E-state index contributed by atoms with van der Waals surface area (Å²) in [7, 11) is -3.71. The maximum absolute atomic E-state index is 13.4. The van der Waals surface area contributed by atoms with Crippen molar-refractivity contribution in [2.24, 2.45) is 11.3 Å². The van der Waals surface area contributed by atoms with Crippen molar-refractivity contribution in [1.82, 2.24) is 0 Å². The van der Waals surface area contributed by atoms with Crippen LogP contribution in [0.25, 0.3) is 11.0 Å². The van der Waals surface area contributed by atoms with E-state index in [-0.39, 0.29) is 5.41 Å². The third kappa shape index (κ3) is 3.96. The molecule has 0 aliphatic heterocycles. The molecular formula is C27H35NO3S. The van der Waals surface area contributed by atoms with Crippen LogP contribution in [0.2, 0.25) is 0 Å². The van der Waals surface area contributed by atoms with Crippen LogP contribution in [0.5, 0.6) is 0 Å². The Labute approximate surface area is 192 Å². The summed E-state index contributed by atoms with van der Waals surface area (Å²) >= 11 is 0. The molecule has 1 aliphatic rings. The average Bonchev–Trinajstić information content (AvgIpc) is 3.03. The number of furan rings is 1. The third-order valence-electron chi connectivity index (χ3n) is 7.53. The standard InChI is InChI=1S/C27H35NO3S/c1-8-27(6,7)20-9-10-24-21(14-20)22-15-23(17(3)13-25(22)31-24)28-32(29,30)26-18(4)11-16(2)12-19(26)5/h11-13,15,20,28H,8-10,14H2,1-7H3. The number of rotatable bonds is 5. The quantitative estimate of drug-likeness (QED) is 0.452. The van der Waals surface area contributed by atoms with Gasteiger partial charge in [-0.2, -0.15) is 0 Å². The maximum Gasteiger partial charge on any atom is 0.262 e. The molecule has 172 valence electrons. The van der Waals surface area contributed by atoms with E-state index in [2.05, 4.69) is 25.5 Å². The van der Waals surface area contributed by atoms with E-state index in [1.165, 1.54) is 5.56 Å². The molecule has 0 amide bonds. The molecule has 5 heteroatoms. The molecule has 32 heavy (non-hydrogen) atoms. The summed E-state index contributed by atoms with van der Waals surface area (Å²) in [5.41, 5.74) is 6.45. The number of hydrogen-bond acceptors (Lipinski definition) is 3. The van der Waals surface area contributed by atoms with E-state index in [9.17, 15) is 8.42 Å². The van der Waals surface area contributed by atoms with Crippen LogP contribution in [-0.2, 0) is 22.9 Å². The minimum atomic E-state index is -3.71. The van der Waals surface area contributed by atoms with Gasteiger partial charge in [0.1, 0.15) is 11.3 Å². The summed E-state index contributed by atoms with van der Waals surface area (Å²) in [6, 6.07) is 7.78. The third-order valence-corrected chi connectivity index (χ3v) is 9.20. The number of sulfonamides is 1. The van der Waals surface area contributed by atoms with Crippen LogP contribution in [0.4, 0.5) is 5.69 Å². The number of benzene rings is 2. The van der Waals surface area contributed by atoms with E-state index in [0.29, 0.717) is 16.5 Å². The van der Waals surface area contributed by atoms with Crippen molar-refractivity contribution in [3.05, 3.63) is 57.8 Å². The Morgan fingerprint density at radius 3 is 2.31 bits per heavy atom. The zero-order valence-corrected chi connectivity index (χ0v) is 21.2. The molecule has 1 aromatic heterocycles. The van der Waals surface area contributed by atoms with Crippen molar-refractivity contribution in [1.29, 1.82) is 0 Å². The first kappa shape index (κ1) is 22.9. The Morgan fingerprint density at radius 1 is 1.03 bits per heavy atom. The lowest BCUT2D eigenvalue weighted by Gasteiger charge is -2.36. The second-order valence-corrected chi connectivity index (χ2v) is 11.9. The predicted octanol–water partition coefficient (Wildman–Crippen LogP) is 7.01. The highest BCUT2D eigenvalue weighted by molar-refractivity contribution is 7.92. The molecule has 0 saturated heterocycles. The summed E-state index contributed by atoms with van der Waals surface area (Å²) in [6.07, 6.45) is 4.20. The largest absolute Gasteiger partial charge is 0.461 e. The second kappa shape index (κ2) is 7.95. The maximum atomic E-state index is 13.4. The molecule has 0 bridgehead atoms. The Bertz CT molecular complexity index is 1280. The van der Waals surface area contributed by atoms with Crippen LogP contribution < -0.4 is 4.72 Å². The Kier molecular flexibility index (Phi) is 5.69. The predicted molar refractivity (Wildman–Crippen MR) is 132 cm³/mol. The lowest BCUT2D eigenvalue weighted by molar-refractivity contribution is 0.179. The van der Waals surface area contributed by atoms with Crippen molar-refractivity contribution in [3.63, 3.8) is 0 Å². The number of hydrogen-bond donors (Lipinski definition) is 1. The van der Waals surface area contributed by atoms with Crippen LogP contribution in [-0.4, -0.2) is 8.42 Å². The Morgan fingerprint density at radius 2 is 1.69 bits per heavy atom. The van der Waals surface area contributed by atoms with Crippen molar-refractivity contribution < 1.29 is 12.8 Å². The minimum Gasteiger partial charge on any atom is -0.461 e. The molecule has 1 atom stereocenters. The van der Waals surface area contributed by atoms with E-state index < -0.39 is 10.0 Å². The van der Waals surface area contributed by atoms with E-state index in [4.69, 9.17) is 4.42 Å². The molecule has 2 aromatic carbocycles. The highest BCUT2D eigenvalue weighted by Gasteiger charge is 2.33. The van der Waals surface area contributed by atoms with E-state index in [0.717, 1.165) is 64.7 Å². The minimum absolute atomic E-state index is 0.275. The summed E-state index contributed by atoms with van der Waals surface area (Å²) in [4.78, 5) is 0.363. The first-order chi connectivity index (χ1) is 14.9. The van der Waals surface area contributed by atoms with Crippen LogP contribution in [0.1, 0.15) is 67.2 Å². The van der Waals surface area contributed by atoms with Gasteiger partial charge >= 0.3 is 0 Å². The fourth-order valence-electron chi connectivity index (χ4n) is 5.28. The van der Waals surface area contributed by atoms with E-state index in [1.807, 2.05) is 52.0 Å². The van der Waals surface area contributed by atoms with Crippen LogP contribution >= 0.6 is 0 Å². The molecule has 1 unspecified atom stereocenters. The first-order valence-electron chi connectivity index (χ1n) is 11.6. The molecule has 1 N–H and O–H groups in total. The molecule has 1 heterocycles. The molecule has 0 saturated carbocycles. The first-order valence-corrected chi connectivity index (χ1v) is 13.1. The monoisotopic (exact) mass is 453 g/mol. The molecular weight excluding hydrogens is 418 g/mol. The van der Waals surface area contributed by atoms with Crippen LogP contribution in [0.15, 0.2) is 33.6 Å². The normalized spacial score (nSPS) is 16.9. The fraction of sp³-hybridized carbons (Fsp3) is 0.481. The van der Waals surface area contributed by atoms with Gasteiger partial charge in [0.2, 0.25) is 0 Å². The lowest BCUT2D eigenvalue weighted by atomic mass is 9.69. The van der Waals surface area contributed by atoms with Gasteiger partial charge in [-0.15, -0.1) is 0 Å². The highest BCUT2D eigenvalue weighted by atomic mass is 32.2. The molecule has 4 nitrogen and oxygen atoms in total. The number of aryl methyl sites for hydroxylation is 5. The molecule has 1 aliphatic carbocycles. The average molecular weight is 454 g/mol. The zero-order valence-electron chi connectivity index (χ0n) is 20.3. The number of anilines is 1. The lowest BCUT2D eigenvalue weighted by Crippen LogP contribution is -2.28. The van der Waals surface area contributed by atoms with E-state index in [1.54, 1.807) is 0 Å². The number of nitrogens with one attached hydrogen (secondary N) is 1. The van der Waals surface area contributed by atoms with Gasteiger partial charge in [0.15, 0.2) is 0 Å². The van der Waals surface area contributed by atoms with Gasteiger partial charge in [-0.3, -0.25) is 4.72 Å². The highest BCUT2D eigenvalue weighted by Crippen LogP contribution is 2.43. The van der Waals surface area contributed by atoms with Crippen LogP contribution in [0, 0.1) is 39.0 Å². The van der Waals surface area contributed by atoms with Gasteiger partial charge in [0.25, 0.3) is 10.0 Å². The smallest absolute Gasteiger partial charge is 0.262 e. The molecule has 0 fully saturated rings. The summed E-state index contributed by atoms with van der Waals surface area (Å²) in [5, 5.41) is 1.04. The summed E-state index contributed by atoms with van der Waals surface area (Å²) < 4.78 is 35.8. The second-order valence-electron chi connectivity index (χ2n) is 10.3. The van der Waals surface area contributed by atoms with Crippen molar-refractivity contribution in [2.45, 2.75) is 79.0 Å². The Balaban J connectivity index is 1.75. The van der Waals surface area contributed by atoms with Crippen molar-refractivity contribution >= 4 is 26.7 Å². The van der Waals surface area contributed by atoms with Gasteiger partial charge in [-0.05, 0) is 80.7 Å². The van der Waals surface area contributed by atoms with Crippen molar-refractivity contribution in [2.75, 3.05) is 4.72 Å². The molecule has 3 aromatic rings. The Hall–Kier alpha value is -2.27. The van der Waals surface area contributed by atoms with Gasteiger partial charge in [0.05, 0.1) is 10.6 Å². The topological polar surface area (TPSA) is 59.3 Å². The summed E-state index contributed by atoms with van der Waals surface area (Å²) in [5.74, 6) is 1.66. The SMILES string of the molecule is CCC(C)(C)C1CCc2oc3cc(C)c(NS(=O)(=O)c4c(C)cc(C)cc4C)cc3c2C1. The van der Waals surface area contributed by atoms with Crippen molar-refractivity contribution in [3.8, 4) is 0 Å². The molecule has 4 rings (SSSR count). The van der Waals surface area contributed by atoms with Crippen LogP contribution in [0.3, 0.4) is 0 Å². The van der Waals surface area contributed by atoms with Gasteiger partial charge in [-0.1, -0.05) is 44.9 Å². The van der Waals surface area contributed by atoms with Gasteiger partial charge in [0, 0.05) is 17.4 Å². The fourth-order valence-corrected chi connectivity index (χ4v) is 6.85. The van der Waals surface area contributed by atoms with Gasteiger partial charge < -0.3 is 4.42 Å². The zero-order chi connectivity index (χ0) is 23.4.